The van der Waals surface area contributed by atoms with Gasteiger partial charge in [-0.2, -0.15) is 4.98 Å². The Morgan fingerprint density at radius 1 is 1.13 bits per heavy atom. The van der Waals surface area contributed by atoms with Gasteiger partial charge in [-0.15, -0.1) is 11.3 Å². The first-order chi connectivity index (χ1) is 15.2. The maximum absolute atomic E-state index is 13.2. The van der Waals surface area contributed by atoms with Crippen LogP contribution < -0.4 is 0 Å². The summed E-state index contributed by atoms with van der Waals surface area (Å²) >= 11 is 1.58. The molecule has 0 aliphatic carbocycles. The molecule has 4 aromatic rings. The number of aromatic nitrogens is 4. The van der Waals surface area contributed by atoms with Crippen LogP contribution in [-0.4, -0.2) is 62.2 Å². The van der Waals surface area contributed by atoms with Gasteiger partial charge in [0.05, 0.1) is 11.4 Å². The summed E-state index contributed by atoms with van der Waals surface area (Å²) in [5.41, 5.74) is 1.79. The largest absolute Gasteiger partial charge is 0.360 e. The van der Waals surface area contributed by atoms with Crippen molar-refractivity contribution in [3.63, 3.8) is 0 Å². The minimum absolute atomic E-state index is 0.0741. The predicted molar refractivity (Wildman–Crippen MR) is 113 cm³/mol. The van der Waals surface area contributed by atoms with Crippen molar-refractivity contribution in [2.75, 3.05) is 26.2 Å². The molecule has 0 saturated carbocycles. The van der Waals surface area contributed by atoms with Crippen LogP contribution in [0.3, 0.4) is 0 Å². The number of carbonyl (C=O) groups excluding carboxylic acids is 1. The van der Waals surface area contributed by atoms with Crippen molar-refractivity contribution in [2.45, 2.75) is 13.5 Å². The molecule has 31 heavy (non-hydrogen) atoms. The number of nitrogens with zero attached hydrogens (tertiary/aromatic N) is 6. The van der Waals surface area contributed by atoms with Gasteiger partial charge in [0.15, 0.2) is 0 Å². The lowest BCUT2D eigenvalue weighted by molar-refractivity contribution is 0.0614. The Morgan fingerprint density at radius 2 is 2.00 bits per heavy atom. The Balaban J connectivity index is 1.23. The van der Waals surface area contributed by atoms with Crippen molar-refractivity contribution < 1.29 is 13.8 Å². The van der Waals surface area contributed by atoms with Gasteiger partial charge in [-0.1, -0.05) is 16.4 Å². The third kappa shape index (κ3) is 3.99. The maximum Gasteiger partial charge on any atom is 0.259 e. The molecule has 0 radical (unpaired) electrons. The lowest BCUT2D eigenvalue weighted by Crippen LogP contribution is -2.48. The van der Waals surface area contributed by atoms with Crippen LogP contribution in [-0.2, 0) is 6.54 Å². The first kappa shape index (κ1) is 19.6. The molecule has 0 spiro atoms. The van der Waals surface area contributed by atoms with E-state index >= 15 is 0 Å². The van der Waals surface area contributed by atoms with Crippen LogP contribution in [0.4, 0.5) is 0 Å². The van der Waals surface area contributed by atoms with Crippen LogP contribution in [0.2, 0.25) is 0 Å². The zero-order valence-corrected chi connectivity index (χ0v) is 17.7. The molecular formula is C21H20N6O3S. The van der Waals surface area contributed by atoms with E-state index in [9.17, 15) is 4.79 Å². The molecule has 0 atom stereocenters. The van der Waals surface area contributed by atoms with E-state index in [4.69, 9.17) is 9.05 Å². The molecule has 1 aliphatic rings. The van der Waals surface area contributed by atoms with E-state index in [2.05, 4.69) is 25.2 Å². The van der Waals surface area contributed by atoms with Gasteiger partial charge in [-0.05, 0) is 30.5 Å². The van der Waals surface area contributed by atoms with Gasteiger partial charge in [0.25, 0.3) is 5.91 Å². The molecule has 4 aromatic heterocycles. The van der Waals surface area contributed by atoms with E-state index < -0.39 is 0 Å². The molecular weight excluding hydrogens is 416 g/mol. The topological polar surface area (TPSA) is 101 Å². The molecule has 1 aliphatic heterocycles. The molecule has 0 bridgehead atoms. The fourth-order valence-electron chi connectivity index (χ4n) is 3.61. The minimum atomic E-state index is -0.0741. The lowest BCUT2D eigenvalue weighted by atomic mass is 10.1. The number of pyridine rings is 1. The standard InChI is InChI=1S/C21H20N6O3S/c1-14-18(19(24-29-14)15-4-2-6-22-12-15)21(28)27-9-7-26(8-10-27)13-17-23-20(25-30-17)16-5-3-11-31-16/h2-6,11-12H,7-10,13H2,1H3. The zero-order chi connectivity index (χ0) is 21.2. The van der Waals surface area contributed by atoms with Gasteiger partial charge >= 0.3 is 0 Å². The molecule has 5 heterocycles. The molecule has 158 valence electrons. The van der Waals surface area contributed by atoms with Crippen molar-refractivity contribution in [1.82, 2.24) is 30.1 Å². The van der Waals surface area contributed by atoms with Crippen LogP contribution in [0.15, 0.2) is 51.1 Å². The monoisotopic (exact) mass is 436 g/mol. The number of rotatable bonds is 5. The molecule has 1 saturated heterocycles. The highest BCUT2D eigenvalue weighted by atomic mass is 32.1. The van der Waals surface area contributed by atoms with E-state index in [1.807, 2.05) is 34.5 Å². The van der Waals surface area contributed by atoms with Crippen LogP contribution in [0, 0.1) is 6.92 Å². The Kier molecular flexibility index (Phi) is 5.31. The number of amides is 1. The molecule has 1 amide bonds. The number of hydrogen-bond donors (Lipinski definition) is 0. The number of hydrogen-bond acceptors (Lipinski definition) is 9. The van der Waals surface area contributed by atoms with Crippen molar-refractivity contribution in [3.8, 4) is 22.0 Å². The van der Waals surface area contributed by atoms with Crippen molar-refractivity contribution in [1.29, 1.82) is 0 Å². The summed E-state index contributed by atoms with van der Waals surface area (Å²) < 4.78 is 10.7. The van der Waals surface area contributed by atoms with Gasteiger partial charge in [0.2, 0.25) is 11.7 Å². The van der Waals surface area contributed by atoms with E-state index in [1.54, 1.807) is 30.7 Å². The number of aryl methyl sites for hydroxylation is 1. The molecule has 9 nitrogen and oxygen atoms in total. The Bertz CT molecular complexity index is 1160. The van der Waals surface area contributed by atoms with Crippen molar-refractivity contribution in [3.05, 3.63) is 59.3 Å². The van der Waals surface area contributed by atoms with E-state index in [1.165, 1.54) is 0 Å². The SMILES string of the molecule is Cc1onc(-c2cccnc2)c1C(=O)N1CCN(Cc2nc(-c3cccs3)no2)CC1. The first-order valence-electron chi connectivity index (χ1n) is 9.94. The molecule has 1 fully saturated rings. The summed E-state index contributed by atoms with van der Waals surface area (Å²) in [6.07, 6.45) is 3.37. The molecule has 10 heteroatoms. The van der Waals surface area contributed by atoms with Crippen LogP contribution in [0.5, 0.6) is 0 Å². The Labute approximate surface area is 182 Å². The molecule has 5 rings (SSSR count). The average molecular weight is 436 g/mol. The summed E-state index contributed by atoms with van der Waals surface area (Å²) in [5, 5.41) is 10.1. The highest BCUT2D eigenvalue weighted by Crippen LogP contribution is 2.26. The van der Waals surface area contributed by atoms with Gasteiger partial charge in [-0.3, -0.25) is 14.7 Å². The molecule has 0 N–H and O–H groups in total. The smallest absolute Gasteiger partial charge is 0.259 e. The Morgan fingerprint density at radius 3 is 2.74 bits per heavy atom. The van der Waals surface area contributed by atoms with Crippen LogP contribution in [0.1, 0.15) is 22.0 Å². The average Bonchev–Trinajstić information content (AvgIpc) is 3.55. The second-order valence-electron chi connectivity index (χ2n) is 7.26. The maximum atomic E-state index is 13.2. The van der Waals surface area contributed by atoms with Crippen LogP contribution in [0.25, 0.3) is 22.0 Å². The highest BCUT2D eigenvalue weighted by molar-refractivity contribution is 7.13. The lowest BCUT2D eigenvalue weighted by Gasteiger charge is -2.33. The van der Waals surface area contributed by atoms with E-state index in [0.29, 0.717) is 48.4 Å². The quantitative estimate of drug-likeness (QED) is 0.470. The molecule has 0 unspecified atom stereocenters. The zero-order valence-electron chi connectivity index (χ0n) is 16.9. The normalized spacial score (nSPS) is 14.8. The summed E-state index contributed by atoms with van der Waals surface area (Å²) in [5.74, 6) is 1.63. The summed E-state index contributed by atoms with van der Waals surface area (Å²) in [6.45, 7) is 4.96. The fourth-order valence-corrected chi connectivity index (χ4v) is 4.26. The predicted octanol–water partition coefficient (Wildman–Crippen LogP) is 3.11. The van der Waals surface area contributed by atoms with Gasteiger partial charge in [-0.25, -0.2) is 0 Å². The van der Waals surface area contributed by atoms with Crippen molar-refractivity contribution in [2.24, 2.45) is 0 Å². The van der Waals surface area contributed by atoms with E-state index in [0.717, 1.165) is 23.5 Å². The second kappa shape index (κ2) is 8.40. The first-order valence-corrected chi connectivity index (χ1v) is 10.8. The second-order valence-corrected chi connectivity index (χ2v) is 8.21. The van der Waals surface area contributed by atoms with Crippen LogP contribution >= 0.6 is 11.3 Å². The third-order valence-electron chi connectivity index (χ3n) is 5.24. The Hall–Kier alpha value is -3.37. The third-order valence-corrected chi connectivity index (χ3v) is 6.11. The number of piperazine rings is 1. The van der Waals surface area contributed by atoms with Gasteiger partial charge in [0.1, 0.15) is 17.0 Å². The van der Waals surface area contributed by atoms with Gasteiger partial charge in [0, 0.05) is 44.1 Å². The summed E-state index contributed by atoms with van der Waals surface area (Å²) in [4.78, 5) is 26.8. The molecule has 0 aromatic carbocycles. The number of thiophene rings is 1. The minimum Gasteiger partial charge on any atom is -0.360 e. The van der Waals surface area contributed by atoms with Gasteiger partial charge < -0.3 is 13.9 Å². The van der Waals surface area contributed by atoms with E-state index in [-0.39, 0.29) is 5.91 Å². The highest BCUT2D eigenvalue weighted by Gasteiger charge is 2.29. The fraction of sp³-hybridized carbons (Fsp3) is 0.286. The number of carbonyl (C=O) groups is 1. The summed E-state index contributed by atoms with van der Waals surface area (Å²) in [6, 6.07) is 7.61. The van der Waals surface area contributed by atoms with Crippen molar-refractivity contribution >= 4 is 17.2 Å². The summed E-state index contributed by atoms with van der Waals surface area (Å²) in [7, 11) is 0.